The highest BCUT2D eigenvalue weighted by molar-refractivity contribution is 7.89. The molecule has 5 rings (SSSR count). The normalized spacial score (nSPS) is 22.5. The Balaban J connectivity index is 1.34. The first-order valence-electron chi connectivity index (χ1n) is 13.5. The van der Waals surface area contributed by atoms with Crippen LogP contribution in [0.2, 0.25) is 0 Å². The SMILES string of the molecule is CC(C)CN(C[C@@H](O)C(Cc1ccccc1)NC(=O)OC1COC2OCCC12)S(=O)(=O)c1ccc2oncc2c1. The van der Waals surface area contributed by atoms with Gasteiger partial charge in [0.1, 0.15) is 6.10 Å². The molecule has 3 aromatic rings. The number of aliphatic hydroxyl groups is 1. The molecule has 0 bridgehead atoms. The highest BCUT2D eigenvalue weighted by atomic mass is 32.2. The number of rotatable bonds is 11. The van der Waals surface area contributed by atoms with E-state index < -0.39 is 34.4 Å². The van der Waals surface area contributed by atoms with Crippen LogP contribution in [0.5, 0.6) is 0 Å². The van der Waals surface area contributed by atoms with Crippen molar-refractivity contribution in [3.8, 4) is 0 Å². The molecule has 2 fully saturated rings. The highest BCUT2D eigenvalue weighted by Crippen LogP contribution is 2.33. The van der Waals surface area contributed by atoms with Gasteiger partial charge in [0, 0.05) is 18.5 Å². The Hall–Kier alpha value is -3.03. The lowest BCUT2D eigenvalue weighted by Crippen LogP contribution is -2.51. The van der Waals surface area contributed by atoms with Gasteiger partial charge >= 0.3 is 6.09 Å². The number of hydrogen-bond donors (Lipinski definition) is 2. The second-order valence-electron chi connectivity index (χ2n) is 10.7. The summed E-state index contributed by atoms with van der Waals surface area (Å²) in [5.41, 5.74) is 1.35. The van der Waals surface area contributed by atoms with Gasteiger partial charge in [0.2, 0.25) is 10.0 Å². The van der Waals surface area contributed by atoms with Crippen molar-refractivity contribution in [2.24, 2.45) is 11.8 Å². The van der Waals surface area contributed by atoms with Crippen molar-refractivity contribution in [3.05, 3.63) is 60.3 Å². The number of alkyl carbamates (subject to hydrolysis) is 1. The highest BCUT2D eigenvalue weighted by Gasteiger charge is 2.44. The molecule has 2 aliphatic rings. The summed E-state index contributed by atoms with van der Waals surface area (Å²) in [6, 6.07) is 13.1. The molecule has 216 valence electrons. The zero-order chi connectivity index (χ0) is 28.3. The van der Waals surface area contributed by atoms with Gasteiger partial charge in [-0.05, 0) is 42.5 Å². The number of aromatic nitrogens is 1. The Morgan fingerprint density at radius 1 is 1.18 bits per heavy atom. The predicted molar refractivity (Wildman–Crippen MR) is 145 cm³/mol. The van der Waals surface area contributed by atoms with Gasteiger partial charge in [-0.1, -0.05) is 49.3 Å². The minimum Gasteiger partial charge on any atom is -0.443 e. The molecule has 1 amide bonds. The third-order valence-electron chi connectivity index (χ3n) is 7.23. The van der Waals surface area contributed by atoms with Crippen LogP contribution in [0.3, 0.4) is 0 Å². The standard InChI is InChI=1S/C28H35N3O8S/c1-18(2)15-31(40(34,35)21-8-9-25-20(13-21)14-29-39-25)16-24(32)23(12-19-6-4-3-5-7-19)30-28(33)38-26-17-37-27-22(26)10-11-36-27/h3-9,13-14,18,22-24,26-27,32H,10-12,15-17H2,1-2H3,(H,30,33)/t22?,23?,24-,26?,27?/m1/s1. The molecule has 11 nitrogen and oxygen atoms in total. The third kappa shape index (κ3) is 6.47. The number of carbonyl (C=O) groups excluding carboxylic acids is 1. The van der Waals surface area contributed by atoms with E-state index in [1.165, 1.54) is 22.6 Å². The van der Waals surface area contributed by atoms with Gasteiger partial charge in [0.05, 0.1) is 42.4 Å². The summed E-state index contributed by atoms with van der Waals surface area (Å²) in [6.45, 7) is 4.54. The number of nitrogens with zero attached hydrogens (tertiary/aromatic N) is 2. The number of amides is 1. The number of sulfonamides is 1. The van der Waals surface area contributed by atoms with Crippen LogP contribution in [0.25, 0.3) is 11.0 Å². The molecule has 0 aliphatic carbocycles. The molecule has 2 aliphatic heterocycles. The lowest BCUT2D eigenvalue weighted by molar-refractivity contribution is -0.0907. The van der Waals surface area contributed by atoms with Gasteiger partial charge in [0.25, 0.3) is 0 Å². The molecular formula is C28H35N3O8S. The maximum absolute atomic E-state index is 13.7. The summed E-state index contributed by atoms with van der Waals surface area (Å²) in [6.07, 6.45) is -0.281. The number of nitrogens with one attached hydrogen (secondary N) is 1. The second kappa shape index (κ2) is 12.2. The van der Waals surface area contributed by atoms with Gasteiger partial charge in [-0.25, -0.2) is 13.2 Å². The van der Waals surface area contributed by atoms with Crippen molar-refractivity contribution in [1.29, 1.82) is 0 Å². The Bertz CT molecular complexity index is 1400. The number of hydrogen-bond acceptors (Lipinski definition) is 9. The molecule has 40 heavy (non-hydrogen) atoms. The van der Waals surface area contributed by atoms with Crippen molar-refractivity contribution in [2.45, 2.75) is 56.1 Å². The number of aliphatic hydroxyl groups excluding tert-OH is 1. The molecule has 3 heterocycles. The van der Waals surface area contributed by atoms with Crippen molar-refractivity contribution >= 4 is 27.1 Å². The Morgan fingerprint density at radius 3 is 2.75 bits per heavy atom. The molecule has 0 spiro atoms. The minimum atomic E-state index is -3.99. The van der Waals surface area contributed by atoms with Crippen LogP contribution in [0.4, 0.5) is 4.79 Å². The maximum Gasteiger partial charge on any atom is 0.407 e. The predicted octanol–water partition coefficient (Wildman–Crippen LogP) is 2.93. The fourth-order valence-corrected chi connectivity index (χ4v) is 6.85. The number of fused-ring (bicyclic) bond motifs is 2. The first-order valence-corrected chi connectivity index (χ1v) is 14.9. The van der Waals surface area contributed by atoms with Crippen molar-refractivity contribution in [1.82, 2.24) is 14.8 Å². The average Bonchev–Trinajstić information content (AvgIpc) is 3.66. The topological polar surface area (TPSA) is 140 Å². The van der Waals surface area contributed by atoms with Gasteiger partial charge in [-0.15, -0.1) is 0 Å². The van der Waals surface area contributed by atoms with E-state index in [0.717, 1.165) is 12.0 Å². The Morgan fingerprint density at radius 2 is 1.98 bits per heavy atom. The second-order valence-corrected chi connectivity index (χ2v) is 12.7. The van der Waals surface area contributed by atoms with Crippen LogP contribution in [0.15, 0.2) is 64.1 Å². The summed E-state index contributed by atoms with van der Waals surface area (Å²) in [7, 11) is -3.99. The third-order valence-corrected chi connectivity index (χ3v) is 9.06. The van der Waals surface area contributed by atoms with E-state index in [9.17, 15) is 18.3 Å². The van der Waals surface area contributed by atoms with Crippen LogP contribution in [0.1, 0.15) is 25.8 Å². The Labute approximate surface area is 233 Å². The van der Waals surface area contributed by atoms with Crippen molar-refractivity contribution in [3.63, 3.8) is 0 Å². The summed E-state index contributed by atoms with van der Waals surface area (Å²) in [5, 5.41) is 18.5. The lowest BCUT2D eigenvalue weighted by Gasteiger charge is -2.31. The van der Waals surface area contributed by atoms with E-state index in [-0.39, 0.29) is 49.1 Å². The zero-order valence-corrected chi connectivity index (χ0v) is 23.3. The fourth-order valence-electron chi connectivity index (χ4n) is 5.20. The Kier molecular flexibility index (Phi) is 8.71. The van der Waals surface area contributed by atoms with E-state index in [2.05, 4.69) is 10.5 Å². The summed E-state index contributed by atoms with van der Waals surface area (Å²) in [5.74, 6) is -0.0478. The minimum absolute atomic E-state index is 0.0178. The van der Waals surface area contributed by atoms with Gasteiger partial charge in [-0.3, -0.25) is 0 Å². The zero-order valence-electron chi connectivity index (χ0n) is 22.5. The largest absolute Gasteiger partial charge is 0.443 e. The summed E-state index contributed by atoms with van der Waals surface area (Å²) in [4.78, 5) is 13.1. The molecule has 1 aromatic heterocycles. The van der Waals surface area contributed by atoms with E-state index >= 15 is 0 Å². The number of ether oxygens (including phenoxy) is 3. The van der Waals surface area contributed by atoms with Crippen LogP contribution >= 0.6 is 0 Å². The molecular weight excluding hydrogens is 538 g/mol. The van der Waals surface area contributed by atoms with E-state index in [1.807, 2.05) is 44.2 Å². The number of benzene rings is 2. The average molecular weight is 574 g/mol. The van der Waals surface area contributed by atoms with Gasteiger partial charge in [0.15, 0.2) is 11.9 Å². The molecule has 2 N–H and O–H groups in total. The lowest BCUT2D eigenvalue weighted by atomic mass is 10.0. The van der Waals surface area contributed by atoms with E-state index in [1.54, 1.807) is 6.07 Å². The van der Waals surface area contributed by atoms with Gasteiger partial charge < -0.3 is 29.2 Å². The number of carbonyl (C=O) groups is 1. The summed E-state index contributed by atoms with van der Waals surface area (Å²) < 4.78 is 50.6. The molecule has 0 radical (unpaired) electrons. The van der Waals surface area contributed by atoms with Crippen LogP contribution < -0.4 is 5.32 Å². The van der Waals surface area contributed by atoms with Gasteiger partial charge in [-0.2, -0.15) is 4.31 Å². The van der Waals surface area contributed by atoms with Crippen LogP contribution in [0, 0.1) is 11.8 Å². The smallest absolute Gasteiger partial charge is 0.407 e. The molecule has 12 heteroatoms. The van der Waals surface area contributed by atoms with Crippen LogP contribution in [-0.2, 0) is 30.7 Å². The van der Waals surface area contributed by atoms with E-state index in [0.29, 0.717) is 17.6 Å². The molecule has 2 aromatic carbocycles. The summed E-state index contributed by atoms with van der Waals surface area (Å²) >= 11 is 0. The maximum atomic E-state index is 13.7. The van der Waals surface area contributed by atoms with Crippen molar-refractivity contribution < 1.29 is 37.1 Å². The molecule has 5 atom stereocenters. The molecule has 4 unspecified atom stereocenters. The van der Waals surface area contributed by atoms with E-state index in [4.69, 9.17) is 18.7 Å². The van der Waals surface area contributed by atoms with Crippen molar-refractivity contribution in [2.75, 3.05) is 26.3 Å². The fraction of sp³-hybridized carbons (Fsp3) is 0.500. The molecule has 0 saturated carbocycles. The monoisotopic (exact) mass is 573 g/mol. The van der Waals surface area contributed by atoms with Crippen LogP contribution in [-0.4, -0.2) is 79.9 Å². The molecule has 2 saturated heterocycles. The first-order chi connectivity index (χ1) is 19.2. The quantitative estimate of drug-likeness (QED) is 0.354. The first kappa shape index (κ1) is 28.5.